The molecule has 1 amide bonds. The Labute approximate surface area is 196 Å². The monoisotopic (exact) mass is 461 g/mol. The van der Waals surface area contributed by atoms with Gasteiger partial charge in [-0.3, -0.25) is 0 Å². The van der Waals surface area contributed by atoms with Crippen LogP contribution >= 0.6 is 0 Å². The molecule has 5 rings (SSSR count). The molecule has 1 aliphatic heterocycles. The van der Waals surface area contributed by atoms with E-state index in [2.05, 4.69) is 19.2 Å². The van der Waals surface area contributed by atoms with Crippen LogP contribution in [0.3, 0.4) is 0 Å². The minimum absolute atomic E-state index is 0.0268. The molecule has 0 saturated heterocycles. The Morgan fingerprint density at radius 3 is 2.70 bits per heavy atom. The highest BCUT2D eigenvalue weighted by molar-refractivity contribution is 5.85. The second-order valence-corrected chi connectivity index (χ2v) is 11.8. The van der Waals surface area contributed by atoms with Gasteiger partial charge in [0.2, 0.25) is 0 Å². The Morgan fingerprint density at radius 1 is 1.15 bits per heavy atom. The number of aliphatic hydroxyl groups is 2. The lowest BCUT2D eigenvalue weighted by Gasteiger charge is -2.63. The van der Waals surface area contributed by atoms with Gasteiger partial charge in [-0.25, -0.2) is 9.59 Å². The van der Waals surface area contributed by atoms with Crippen molar-refractivity contribution in [3.8, 4) is 0 Å². The van der Waals surface area contributed by atoms with Gasteiger partial charge >= 0.3 is 12.1 Å². The molecule has 0 aromatic rings. The summed E-state index contributed by atoms with van der Waals surface area (Å²) in [5.74, 6) is 1.30. The molecule has 7 heteroatoms. The van der Waals surface area contributed by atoms with Crippen LogP contribution < -0.4 is 5.32 Å². The number of carbonyl (C=O) groups is 2. The number of hydrogen-bond acceptors (Lipinski definition) is 6. The molecule has 0 bridgehead atoms. The summed E-state index contributed by atoms with van der Waals surface area (Å²) in [6.45, 7) is 4.94. The first-order chi connectivity index (χ1) is 15.7. The van der Waals surface area contributed by atoms with Crippen molar-refractivity contribution in [2.24, 2.45) is 34.5 Å². The summed E-state index contributed by atoms with van der Waals surface area (Å²) in [5, 5.41) is 24.1. The fourth-order valence-corrected chi connectivity index (χ4v) is 8.89. The third kappa shape index (κ3) is 3.53. The number of fused-ring (bicyclic) bond motifs is 5. The molecular formula is C26H39NO6. The Hall–Kier alpha value is -1.60. The van der Waals surface area contributed by atoms with Crippen molar-refractivity contribution in [3.63, 3.8) is 0 Å². The van der Waals surface area contributed by atoms with Crippen LogP contribution in [0.4, 0.5) is 4.79 Å². The minimum atomic E-state index is -0.690. The summed E-state index contributed by atoms with van der Waals surface area (Å²) in [4.78, 5) is 23.7. The fourth-order valence-electron chi connectivity index (χ4n) is 8.89. The molecule has 0 unspecified atom stereocenters. The molecule has 8 atom stereocenters. The molecule has 4 saturated carbocycles. The molecule has 0 radical (unpaired) electrons. The molecular weight excluding hydrogens is 422 g/mol. The van der Waals surface area contributed by atoms with Crippen LogP contribution in [0.25, 0.3) is 0 Å². The largest absolute Gasteiger partial charge is 0.458 e. The van der Waals surface area contributed by atoms with E-state index in [0.29, 0.717) is 24.4 Å². The van der Waals surface area contributed by atoms with Crippen molar-refractivity contribution in [2.45, 2.75) is 83.3 Å². The quantitative estimate of drug-likeness (QED) is 0.555. The zero-order chi connectivity index (χ0) is 23.4. The summed E-state index contributed by atoms with van der Waals surface area (Å²) >= 11 is 0. The van der Waals surface area contributed by atoms with Gasteiger partial charge in [-0.05, 0) is 92.4 Å². The summed E-state index contributed by atoms with van der Waals surface area (Å²) in [7, 11) is 0. The van der Waals surface area contributed by atoms with E-state index >= 15 is 0 Å². The van der Waals surface area contributed by atoms with Gasteiger partial charge in [0.25, 0.3) is 0 Å². The van der Waals surface area contributed by atoms with Gasteiger partial charge in [-0.15, -0.1) is 0 Å². The van der Waals surface area contributed by atoms with Crippen molar-refractivity contribution in [2.75, 3.05) is 19.8 Å². The summed E-state index contributed by atoms with van der Waals surface area (Å²) in [5.41, 5.74) is 0.365. The number of carbonyl (C=O) groups excluding carboxylic acids is 2. The van der Waals surface area contributed by atoms with E-state index in [9.17, 15) is 14.7 Å². The Morgan fingerprint density at radius 2 is 1.97 bits per heavy atom. The van der Waals surface area contributed by atoms with Gasteiger partial charge in [0.15, 0.2) is 0 Å². The zero-order valence-electron chi connectivity index (χ0n) is 20.0. The van der Waals surface area contributed by atoms with Crippen molar-refractivity contribution in [1.82, 2.24) is 5.32 Å². The number of hydrogen-bond donors (Lipinski definition) is 3. The van der Waals surface area contributed by atoms with E-state index in [4.69, 9.17) is 14.6 Å². The molecule has 184 valence electrons. The first kappa shape index (κ1) is 23.2. The summed E-state index contributed by atoms with van der Waals surface area (Å²) in [6, 6.07) is 0.116. The number of rotatable bonds is 4. The van der Waals surface area contributed by atoms with Crippen LogP contribution in [-0.4, -0.2) is 53.7 Å². The number of aliphatic hydroxyl groups excluding tert-OH is 1. The van der Waals surface area contributed by atoms with Crippen molar-refractivity contribution >= 4 is 12.1 Å². The lowest BCUT2D eigenvalue weighted by molar-refractivity contribution is -0.204. The molecule has 5 aliphatic rings. The second-order valence-electron chi connectivity index (χ2n) is 11.8. The van der Waals surface area contributed by atoms with E-state index in [1.54, 1.807) is 6.08 Å². The second kappa shape index (κ2) is 8.26. The maximum Gasteiger partial charge on any atom is 0.407 e. The molecule has 3 N–H and O–H groups in total. The first-order valence-corrected chi connectivity index (χ1v) is 12.8. The van der Waals surface area contributed by atoms with Gasteiger partial charge in [0, 0.05) is 17.5 Å². The number of alkyl carbamates (subject to hydrolysis) is 1. The van der Waals surface area contributed by atoms with Gasteiger partial charge in [-0.1, -0.05) is 13.8 Å². The first-order valence-electron chi connectivity index (χ1n) is 12.8. The Balaban J connectivity index is 1.31. The number of esters is 1. The number of ether oxygens (including phenoxy) is 2. The fraction of sp³-hybridized carbons (Fsp3) is 0.846. The van der Waals surface area contributed by atoms with Gasteiger partial charge in [0.05, 0.1) is 12.2 Å². The number of nitrogens with one attached hydrogen (secondary N) is 1. The van der Waals surface area contributed by atoms with Gasteiger partial charge in [0.1, 0.15) is 13.2 Å². The lowest BCUT2D eigenvalue weighted by atomic mass is 9.43. The number of amides is 1. The van der Waals surface area contributed by atoms with E-state index in [0.717, 1.165) is 63.4 Å². The highest BCUT2D eigenvalue weighted by Gasteiger charge is 2.67. The molecule has 1 heterocycles. The standard InChI is InChI=1S/C26H39NO6/c1-24-8-5-18(27-23(30)32-12-11-28)14-17(24)3-4-21-20(24)6-9-25(2)19(7-10-26(21,25)31)16-13-22(29)33-15-16/h13,17-21,28,31H,3-12,14-15H2,1-2H3,(H,27,30)/t17-,18+,19-,20+,21-,24+,25-,26+/m1/s1. The van der Waals surface area contributed by atoms with Gasteiger partial charge in [-0.2, -0.15) is 0 Å². The van der Waals surface area contributed by atoms with Crippen LogP contribution in [0.15, 0.2) is 11.6 Å². The predicted octanol–water partition coefficient (Wildman–Crippen LogP) is 3.33. The normalized spacial score (nSPS) is 46.5. The molecule has 4 fully saturated rings. The predicted molar refractivity (Wildman–Crippen MR) is 121 cm³/mol. The maximum absolute atomic E-state index is 12.3. The Kier molecular flexibility index (Phi) is 5.80. The Bertz CT molecular complexity index is 843. The average Bonchev–Trinajstić information content (AvgIpc) is 3.32. The smallest absolute Gasteiger partial charge is 0.407 e. The summed E-state index contributed by atoms with van der Waals surface area (Å²) in [6.07, 6.45) is 10.1. The number of cyclic esters (lactones) is 1. The third-order valence-corrected chi connectivity index (χ3v) is 10.6. The van der Waals surface area contributed by atoms with Crippen LogP contribution in [0.1, 0.15) is 71.6 Å². The van der Waals surface area contributed by atoms with Crippen molar-refractivity contribution in [1.29, 1.82) is 0 Å². The van der Waals surface area contributed by atoms with E-state index in [-0.39, 0.29) is 42.0 Å². The van der Waals surface area contributed by atoms with Crippen LogP contribution in [0, 0.1) is 34.5 Å². The SMILES string of the molecule is C[C@]12CC[C@H](NC(=O)OCCO)C[C@H]1CC[C@@H]1[C@@H]2CC[C@]2(C)[C@@H](C3=CC(=O)OC3)CC[C@]12O. The molecule has 0 aromatic heterocycles. The van der Waals surface area contributed by atoms with Crippen molar-refractivity contribution < 1.29 is 29.3 Å². The topological polar surface area (TPSA) is 105 Å². The molecule has 33 heavy (non-hydrogen) atoms. The zero-order valence-corrected chi connectivity index (χ0v) is 20.0. The maximum atomic E-state index is 12.3. The van der Waals surface area contributed by atoms with E-state index in [1.807, 2.05) is 0 Å². The van der Waals surface area contributed by atoms with Crippen LogP contribution in [0.5, 0.6) is 0 Å². The highest BCUT2D eigenvalue weighted by atomic mass is 16.6. The van der Waals surface area contributed by atoms with E-state index < -0.39 is 11.7 Å². The molecule has 7 nitrogen and oxygen atoms in total. The third-order valence-electron chi connectivity index (χ3n) is 10.6. The highest BCUT2D eigenvalue weighted by Crippen LogP contribution is 2.69. The lowest BCUT2D eigenvalue weighted by Crippen LogP contribution is -2.62. The minimum Gasteiger partial charge on any atom is -0.458 e. The average molecular weight is 462 g/mol. The van der Waals surface area contributed by atoms with Crippen LogP contribution in [-0.2, 0) is 14.3 Å². The summed E-state index contributed by atoms with van der Waals surface area (Å²) < 4.78 is 10.2. The van der Waals surface area contributed by atoms with Crippen LogP contribution in [0.2, 0.25) is 0 Å². The van der Waals surface area contributed by atoms with E-state index in [1.165, 1.54) is 0 Å². The molecule has 4 aliphatic carbocycles. The van der Waals surface area contributed by atoms with Gasteiger partial charge < -0.3 is 25.0 Å². The van der Waals surface area contributed by atoms with Crippen molar-refractivity contribution in [3.05, 3.63) is 11.6 Å². The molecule has 0 spiro atoms. The molecule has 0 aromatic carbocycles.